The van der Waals surface area contributed by atoms with Crippen LogP contribution in [0.5, 0.6) is 0 Å². The van der Waals surface area contributed by atoms with Crippen LogP contribution < -0.4 is 5.32 Å². The van der Waals surface area contributed by atoms with E-state index >= 15 is 0 Å². The Morgan fingerprint density at radius 2 is 1.90 bits per heavy atom. The van der Waals surface area contributed by atoms with E-state index in [0.29, 0.717) is 6.20 Å². The predicted octanol–water partition coefficient (Wildman–Crippen LogP) is 4.33. The lowest BCUT2D eigenvalue weighted by molar-refractivity contribution is -0.137. The molecule has 0 aromatic carbocycles. The lowest BCUT2D eigenvalue weighted by Crippen LogP contribution is -2.38. The van der Waals surface area contributed by atoms with Crippen molar-refractivity contribution in [3.05, 3.63) is 34.3 Å². The van der Waals surface area contributed by atoms with Crippen LogP contribution in [0.2, 0.25) is 10.2 Å². The number of hydrogen-bond acceptors (Lipinski definition) is 6. The lowest BCUT2D eigenvalue weighted by atomic mass is 9.87. The monoisotopic (exact) mass is 448 g/mol. The van der Waals surface area contributed by atoms with E-state index in [1.165, 1.54) is 10.8 Å². The Kier molecular flexibility index (Phi) is 5.63. The predicted molar refractivity (Wildman–Crippen MR) is 103 cm³/mol. The summed E-state index contributed by atoms with van der Waals surface area (Å²) in [6.45, 7) is 5.50. The van der Waals surface area contributed by atoms with Crippen molar-refractivity contribution in [3.8, 4) is 11.3 Å². The normalized spacial score (nSPS) is 13.7. The molecule has 2 N–H and O–H groups in total. The van der Waals surface area contributed by atoms with Gasteiger partial charge in [-0.2, -0.15) is 32.8 Å². The van der Waals surface area contributed by atoms with E-state index in [-0.39, 0.29) is 45.1 Å². The van der Waals surface area contributed by atoms with Gasteiger partial charge < -0.3 is 10.4 Å². The summed E-state index contributed by atoms with van der Waals surface area (Å²) in [5.74, 6) is 0.413. The number of halogens is 5. The second-order valence-corrected chi connectivity index (χ2v) is 8.16. The summed E-state index contributed by atoms with van der Waals surface area (Å²) in [4.78, 5) is 12.0. The molecule has 3 heterocycles. The molecule has 0 radical (unpaired) electrons. The van der Waals surface area contributed by atoms with Crippen molar-refractivity contribution in [2.24, 2.45) is 5.41 Å². The second kappa shape index (κ2) is 7.58. The van der Waals surface area contributed by atoms with E-state index in [2.05, 4.69) is 25.4 Å². The molecule has 0 saturated carbocycles. The van der Waals surface area contributed by atoms with Gasteiger partial charge in [0.1, 0.15) is 17.3 Å². The molecule has 0 aliphatic heterocycles. The first-order valence-electron chi connectivity index (χ1n) is 8.43. The maximum Gasteiger partial charge on any atom is 0.417 e. The number of nitrogens with one attached hydrogen (secondary N) is 1. The standard InChI is InChI=1S/C17H17Cl2F3N6O/c1-16(2,3)10(6-29)26-14-11(13(19)27-15-24-7-25-28(14)15)12-9(18)4-8(5-23-12)17(20,21)22/h4-5,7,10,26,29H,6H2,1-3H3. The van der Waals surface area contributed by atoms with E-state index in [0.717, 1.165) is 6.07 Å². The van der Waals surface area contributed by atoms with Gasteiger partial charge in [0.15, 0.2) is 0 Å². The van der Waals surface area contributed by atoms with Gasteiger partial charge in [0.25, 0.3) is 5.78 Å². The highest BCUT2D eigenvalue weighted by molar-refractivity contribution is 6.36. The third-order valence-corrected chi connectivity index (χ3v) is 4.89. The highest BCUT2D eigenvalue weighted by Crippen LogP contribution is 2.40. The highest BCUT2D eigenvalue weighted by atomic mass is 35.5. The van der Waals surface area contributed by atoms with Crippen LogP contribution in [-0.4, -0.2) is 42.3 Å². The van der Waals surface area contributed by atoms with Crippen LogP contribution in [-0.2, 0) is 6.18 Å². The van der Waals surface area contributed by atoms with Crippen molar-refractivity contribution < 1.29 is 18.3 Å². The van der Waals surface area contributed by atoms with Crippen LogP contribution in [0.4, 0.5) is 19.0 Å². The molecule has 156 valence electrons. The molecule has 0 saturated heterocycles. The van der Waals surface area contributed by atoms with Gasteiger partial charge in [-0.05, 0) is 11.5 Å². The summed E-state index contributed by atoms with van der Waals surface area (Å²) in [6.07, 6.45) is -2.68. The number of alkyl halides is 3. The Hall–Kier alpha value is -2.17. The van der Waals surface area contributed by atoms with Gasteiger partial charge in [-0.3, -0.25) is 4.98 Å². The molecule has 1 atom stereocenters. The number of fused-ring (bicyclic) bond motifs is 1. The molecule has 0 aliphatic carbocycles. The summed E-state index contributed by atoms with van der Waals surface area (Å²) < 4.78 is 40.3. The zero-order valence-corrected chi connectivity index (χ0v) is 17.1. The van der Waals surface area contributed by atoms with E-state index < -0.39 is 17.8 Å². The largest absolute Gasteiger partial charge is 0.417 e. The molecule has 7 nitrogen and oxygen atoms in total. The Morgan fingerprint density at radius 1 is 1.21 bits per heavy atom. The van der Waals surface area contributed by atoms with Gasteiger partial charge in [-0.15, -0.1) is 0 Å². The van der Waals surface area contributed by atoms with Gasteiger partial charge in [0, 0.05) is 6.20 Å². The minimum absolute atomic E-state index is 0.0114. The summed E-state index contributed by atoms with van der Waals surface area (Å²) in [6, 6.07) is 0.309. The zero-order valence-electron chi connectivity index (χ0n) is 15.6. The minimum Gasteiger partial charge on any atom is -0.394 e. The van der Waals surface area contributed by atoms with Gasteiger partial charge in [0.2, 0.25) is 0 Å². The number of aliphatic hydroxyl groups is 1. The van der Waals surface area contributed by atoms with Crippen LogP contribution in [0.3, 0.4) is 0 Å². The van der Waals surface area contributed by atoms with Crippen molar-refractivity contribution in [3.63, 3.8) is 0 Å². The highest BCUT2D eigenvalue weighted by Gasteiger charge is 2.33. The maximum atomic E-state index is 13.0. The first-order chi connectivity index (χ1) is 13.4. The average Bonchev–Trinajstić information content (AvgIpc) is 3.06. The third kappa shape index (κ3) is 4.24. The van der Waals surface area contributed by atoms with Crippen molar-refractivity contribution in [2.45, 2.75) is 33.0 Å². The van der Waals surface area contributed by atoms with Crippen LogP contribution in [0, 0.1) is 5.41 Å². The topological polar surface area (TPSA) is 88.2 Å². The first-order valence-corrected chi connectivity index (χ1v) is 9.18. The molecule has 0 spiro atoms. The molecule has 0 bridgehead atoms. The Labute approximate surface area is 173 Å². The summed E-state index contributed by atoms with van der Waals surface area (Å²) in [5, 5.41) is 16.7. The van der Waals surface area contributed by atoms with Crippen molar-refractivity contribution in [1.29, 1.82) is 0 Å². The molecular weight excluding hydrogens is 432 g/mol. The first kappa shape index (κ1) is 21.5. The molecule has 3 rings (SSSR count). The van der Waals surface area contributed by atoms with Crippen LogP contribution in [0.1, 0.15) is 26.3 Å². The zero-order chi connectivity index (χ0) is 21.6. The Bertz CT molecular complexity index is 1050. The fraction of sp³-hybridized carbons (Fsp3) is 0.412. The Morgan fingerprint density at radius 3 is 2.45 bits per heavy atom. The molecule has 0 aliphatic rings. The van der Waals surface area contributed by atoms with E-state index in [1.807, 2.05) is 20.8 Å². The second-order valence-electron chi connectivity index (χ2n) is 7.40. The maximum absolute atomic E-state index is 13.0. The van der Waals surface area contributed by atoms with E-state index in [1.54, 1.807) is 0 Å². The molecule has 29 heavy (non-hydrogen) atoms. The number of pyridine rings is 1. The van der Waals surface area contributed by atoms with E-state index in [4.69, 9.17) is 23.2 Å². The minimum atomic E-state index is -4.59. The fourth-order valence-electron chi connectivity index (χ4n) is 2.64. The molecule has 3 aromatic heterocycles. The summed E-state index contributed by atoms with van der Waals surface area (Å²) >= 11 is 12.5. The molecule has 0 fully saturated rings. The van der Waals surface area contributed by atoms with Crippen molar-refractivity contribution in [1.82, 2.24) is 24.6 Å². The molecule has 3 aromatic rings. The smallest absolute Gasteiger partial charge is 0.394 e. The van der Waals surface area contributed by atoms with Crippen LogP contribution in [0.15, 0.2) is 18.6 Å². The number of anilines is 1. The Balaban J connectivity index is 2.24. The van der Waals surface area contributed by atoms with Gasteiger partial charge >= 0.3 is 6.18 Å². The lowest BCUT2D eigenvalue weighted by Gasteiger charge is -2.31. The molecular formula is C17H17Cl2F3N6O. The SMILES string of the molecule is CC(C)(C)C(CO)Nc1c(-c2ncc(C(F)(F)F)cc2Cl)c(Cl)nc2ncnn12. The fourth-order valence-corrected chi connectivity index (χ4v) is 3.15. The van der Waals surface area contributed by atoms with Gasteiger partial charge in [-0.1, -0.05) is 44.0 Å². The van der Waals surface area contributed by atoms with Crippen LogP contribution >= 0.6 is 23.2 Å². The van der Waals surface area contributed by atoms with Crippen molar-refractivity contribution >= 4 is 34.8 Å². The van der Waals surface area contributed by atoms with Crippen LogP contribution in [0.25, 0.3) is 17.0 Å². The average molecular weight is 449 g/mol. The van der Waals surface area contributed by atoms with E-state index in [9.17, 15) is 18.3 Å². The number of hydrogen-bond donors (Lipinski definition) is 2. The molecule has 0 amide bonds. The van der Waals surface area contributed by atoms with Crippen molar-refractivity contribution in [2.75, 3.05) is 11.9 Å². The molecule has 12 heteroatoms. The number of aliphatic hydroxyl groups excluding tert-OH is 1. The number of rotatable bonds is 4. The quantitative estimate of drug-likeness (QED) is 0.577. The van der Waals surface area contributed by atoms with Gasteiger partial charge in [-0.25, -0.2) is 0 Å². The summed E-state index contributed by atoms with van der Waals surface area (Å²) in [5.41, 5.74) is -1.24. The molecule has 1 unspecified atom stereocenters. The van der Waals surface area contributed by atoms with Gasteiger partial charge in [0.05, 0.1) is 34.5 Å². The number of aromatic nitrogens is 5. The number of nitrogens with zero attached hydrogens (tertiary/aromatic N) is 5. The third-order valence-electron chi connectivity index (χ3n) is 4.33. The summed E-state index contributed by atoms with van der Waals surface area (Å²) in [7, 11) is 0.